The quantitative estimate of drug-likeness (QED) is 0.767. The van der Waals surface area contributed by atoms with Crippen LogP contribution in [0, 0.1) is 0 Å². The Morgan fingerprint density at radius 3 is 2.65 bits per heavy atom. The van der Waals surface area contributed by atoms with E-state index >= 15 is 0 Å². The molecule has 1 N–H and O–H groups in total. The van der Waals surface area contributed by atoms with Crippen LogP contribution < -0.4 is 0 Å². The monoisotopic (exact) mass is 242 g/mol. The molecule has 2 rings (SSSR count). The van der Waals surface area contributed by atoms with E-state index in [1.54, 1.807) is 6.92 Å². The molecule has 2 saturated heterocycles. The van der Waals surface area contributed by atoms with Gasteiger partial charge in [0.1, 0.15) is 5.60 Å². The average Bonchev–Trinajstić information content (AvgIpc) is 2.84. The van der Waals surface area contributed by atoms with Gasteiger partial charge in [-0.05, 0) is 39.5 Å². The lowest BCUT2D eigenvalue weighted by Gasteiger charge is -2.35. The van der Waals surface area contributed by atoms with Gasteiger partial charge in [0.15, 0.2) is 0 Å². The highest BCUT2D eigenvalue weighted by atomic mass is 16.6. The number of aliphatic hydroxyl groups excluding tert-OH is 1. The van der Waals surface area contributed by atoms with Crippen molar-refractivity contribution in [3.63, 3.8) is 0 Å². The zero-order chi connectivity index (χ0) is 12.7. The Morgan fingerprint density at radius 2 is 2.24 bits per heavy atom. The second-order valence-electron chi connectivity index (χ2n) is 5.53. The molecule has 0 radical (unpaired) electrons. The SMILES string of the molecule is CC[C@@]1([C@@H](C)O)CC[C@H]([C@]2(C)CCC(=O)O2)O1. The molecule has 4 heteroatoms. The van der Waals surface area contributed by atoms with E-state index in [9.17, 15) is 9.90 Å². The summed E-state index contributed by atoms with van der Waals surface area (Å²) >= 11 is 0. The maximum absolute atomic E-state index is 11.3. The van der Waals surface area contributed by atoms with E-state index in [2.05, 4.69) is 0 Å². The van der Waals surface area contributed by atoms with Crippen molar-refractivity contribution < 1.29 is 19.4 Å². The summed E-state index contributed by atoms with van der Waals surface area (Å²) in [5.41, 5.74) is -0.953. The molecule has 2 fully saturated rings. The van der Waals surface area contributed by atoms with Crippen LogP contribution in [0.15, 0.2) is 0 Å². The zero-order valence-electron chi connectivity index (χ0n) is 10.9. The van der Waals surface area contributed by atoms with E-state index in [4.69, 9.17) is 9.47 Å². The minimum Gasteiger partial charge on any atom is -0.457 e. The van der Waals surface area contributed by atoms with Crippen molar-refractivity contribution in [3.05, 3.63) is 0 Å². The third kappa shape index (κ3) is 2.08. The summed E-state index contributed by atoms with van der Waals surface area (Å²) in [7, 11) is 0. The maximum atomic E-state index is 11.3. The molecule has 4 atom stereocenters. The van der Waals surface area contributed by atoms with Crippen molar-refractivity contribution in [1.82, 2.24) is 0 Å². The third-order valence-corrected chi connectivity index (χ3v) is 4.42. The van der Waals surface area contributed by atoms with E-state index in [1.807, 2.05) is 13.8 Å². The Labute approximate surface area is 102 Å². The fourth-order valence-corrected chi connectivity index (χ4v) is 3.01. The van der Waals surface area contributed by atoms with Crippen LogP contribution in [0.2, 0.25) is 0 Å². The standard InChI is InChI=1S/C13H22O4/c1-4-13(9(2)14)8-5-10(16-13)12(3)7-6-11(15)17-12/h9-10,14H,4-8H2,1-3H3/t9-,10-,12+,13+/m1/s1. The zero-order valence-corrected chi connectivity index (χ0v) is 10.9. The number of rotatable bonds is 3. The highest BCUT2D eigenvalue weighted by Gasteiger charge is 2.52. The van der Waals surface area contributed by atoms with E-state index in [0.29, 0.717) is 6.42 Å². The molecule has 17 heavy (non-hydrogen) atoms. The Kier molecular flexibility index (Phi) is 3.21. The maximum Gasteiger partial charge on any atom is 0.306 e. The first kappa shape index (κ1) is 12.8. The number of ether oxygens (including phenoxy) is 2. The van der Waals surface area contributed by atoms with Gasteiger partial charge in [-0.2, -0.15) is 0 Å². The van der Waals surface area contributed by atoms with Gasteiger partial charge in [-0.3, -0.25) is 4.79 Å². The summed E-state index contributed by atoms with van der Waals surface area (Å²) in [5, 5.41) is 9.87. The highest BCUT2D eigenvalue weighted by molar-refractivity contribution is 5.72. The van der Waals surface area contributed by atoms with Crippen molar-refractivity contribution in [3.8, 4) is 0 Å². The topological polar surface area (TPSA) is 55.8 Å². The van der Waals surface area contributed by atoms with E-state index in [1.165, 1.54) is 0 Å². The molecule has 0 unspecified atom stereocenters. The molecule has 0 saturated carbocycles. The number of hydrogen-bond acceptors (Lipinski definition) is 4. The molecule has 0 aromatic heterocycles. The number of hydrogen-bond donors (Lipinski definition) is 1. The van der Waals surface area contributed by atoms with Gasteiger partial charge in [0.25, 0.3) is 0 Å². The van der Waals surface area contributed by atoms with Gasteiger partial charge < -0.3 is 14.6 Å². The average molecular weight is 242 g/mol. The number of aliphatic hydroxyl groups is 1. The molecule has 2 heterocycles. The fraction of sp³-hybridized carbons (Fsp3) is 0.923. The van der Waals surface area contributed by atoms with Crippen molar-refractivity contribution in [2.45, 2.75) is 76.3 Å². The molecule has 0 bridgehead atoms. The van der Waals surface area contributed by atoms with E-state index in [-0.39, 0.29) is 12.1 Å². The minimum atomic E-state index is -0.497. The van der Waals surface area contributed by atoms with Crippen LogP contribution in [-0.2, 0) is 14.3 Å². The van der Waals surface area contributed by atoms with Crippen LogP contribution in [0.1, 0.15) is 52.9 Å². The summed E-state index contributed by atoms with van der Waals surface area (Å²) in [6, 6.07) is 0. The van der Waals surface area contributed by atoms with Crippen molar-refractivity contribution in [1.29, 1.82) is 0 Å². The lowest BCUT2D eigenvalue weighted by atomic mass is 9.89. The van der Waals surface area contributed by atoms with Crippen LogP contribution in [0.3, 0.4) is 0 Å². The first-order valence-electron chi connectivity index (χ1n) is 6.49. The lowest BCUT2D eigenvalue weighted by Crippen LogP contribution is -2.45. The summed E-state index contributed by atoms with van der Waals surface area (Å²) in [6.45, 7) is 5.74. The van der Waals surface area contributed by atoms with E-state index in [0.717, 1.165) is 25.7 Å². The van der Waals surface area contributed by atoms with Gasteiger partial charge >= 0.3 is 5.97 Å². The van der Waals surface area contributed by atoms with Gasteiger partial charge in [0.05, 0.1) is 17.8 Å². The van der Waals surface area contributed by atoms with Crippen LogP contribution in [0.5, 0.6) is 0 Å². The molecule has 0 spiro atoms. The van der Waals surface area contributed by atoms with Crippen molar-refractivity contribution >= 4 is 5.97 Å². The Morgan fingerprint density at radius 1 is 1.53 bits per heavy atom. The molecule has 4 nitrogen and oxygen atoms in total. The molecular weight excluding hydrogens is 220 g/mol. The van der Waals surface area contributed by atoms with Gasteiger partial charge in [-0.25, -0.2) is 0 Å². The molecule has 98 valence electrons. The van der Waals surface area contributed by atoms with Gasteiger partial charge in [-0.15, -0.1) is 0 Å². The predicted molar refractivity (Wildman–Crippen MR) is 62.5 cm³/mol. The molecule has 2 aliphatic heterocycles. The summed E-state index contributed by atoms with van der Waals surface area (Å²) in [5.74, 6) is -0.137. The van der Waals surface area contributed by atoms with E-state index < -0.39 is 17.3 Å². The van der Waals surface area contributed by atoms with Gasteiger partial charge in [0.2, 0.25) is 0 Å². The number of carbonyl (C=O) groups is 1. The van der Waals surface area contributed by atoms with Crippen molar-refractivity contribution in [2.24, 2.45) is 0 Å². The first-order valence-corrected chi connectivity index (χ1v) is 6.49. The summed E-state index contributed by atoms with van der Waals surface area (Å²) < 4.78 is 11.5. The molecule has 2 aliphatic rings. The highest BCUT2D eigenvalue weighted by Crippen LogP contribution is 2.44. The predicted octanol–water partition coefficient (Wildman–Crippen LogP) is 1.79. The van der Waals surface area contributed by atoms with Crippen LogP contribution in [-0.4, -0.2) is 34.5 Å². The third-order valence-electron chi connectivity index (χ3n) is 4.42. The minimum absolute atomic E-state index is 0.0801. The lowest BCUT2D eigenvalue weighted by molar-refractivity contribution is -0.178. The largest absolute Gasteiger partial charge is 0.457 e. The summed E-state index contributed by atoms with van der Waals surface area (Å²) in [6.07, 6.45) is 3.09. The van der Waals surface area contributed by atoms with Crippen LogP contribution in [0.25, 0.3) is 0 Å². The van der Waals surface area contributed by atoms with Crippen molar-refractivity contribution in [2.75, 3.05) is 0 Å². The Balaban J connectivity index is 2.09. The number of cyclic esters (lactones) is 1. The van der Waals surface area contributed by atoms with Gasteiger partial charge in [-0.1, -0.05) is 6.92 Å². The smallest absolute Gasteiger partial charge is 0.306 e. The number of esters is 1. The molecule has 0 aromatic rings. The fourth-order valence-electron chi connectivity index (χ4n) is 3.01. The summed E-state index contributed by atoms with van der Waals surface area (Å²) in [4.78, 5) is 11.3. The van der Waals surface area contributed by atoms with Crippen LogP contribution in [0.4, 0.5) is 0 Å². The molecule has 0 aliphatic carbocycles. The number of carbonyl (C=O) groups excluding carboxylic acids is 1. The van der Waals surface area contributed by atoms with Gasteiger partial charge in [0, 0.05) is 6.42 Å². The molecule has 0 aromatic carbocycles. The Hall–Kier alpha value is -0.610. The second-order valence-corrected chi connectivity index (χ2v) is 5.53. The molecule has 0 amide bonds. The Bertz CT molecular complexity index is 315. The normalized spacial score (nSPS) is 43.8. The van der Waals surface area contributed by atoms with Crippen LogP contribution >= 0.6 is 0 Å². The first-order chi connectivity index (χ1) is 7.92. The second kappa shape index (κ2) is 4.25. The molecular formula is C13H22O4.